The van der Waals surface area contributed by atoms with Gasteiger partial charge in [0.15, 0.2) is 10.9 Å². The molecular weight excluding hydrogens is 455 g/mol. The molecule has 4 rings (SSSR count). The zero-order chi connectivity index (χ0) is 24.1. The number of ether oxygens (including phenoxy) is 1. The number of hydrogen-bond acceptors (Lipinski definition) is 6. The summed E-state index contributed by atoms with van der Waals surface area (Å²) < 4.78 is 19.0. The van der Waals surface area contributed by atoms with Crippen molar-refractivity contribution in [2.75, 3.05) is 38.2 Å². The summed E-state index contributed by atoms with van der Waals surface area (Å²) in [5, 5.41) is 6.34. The lowest BCUT2D eigenvalue weighted by Crippen LogP contribution is -2.51. The van der Waals surface area contributed by atoms with Crippen molar-refractivity contribution in [3.63, 3.8) is 0 Å². The van der Waals surface area contributed by atoms with E-state index in [1.165, 1.54) is 42.4 Å². The molecule has 2 saturated heterocycles. The van der Waals surface area contributed by atoms with Crippen LogP contribution in [0.5, 0.6) is 0 Å². The first-order chi connectivity index (χ1) is 16.4. The molecule has 0 unspecified atom stereocenters. The van der Waals surface area contributed by atoms with E-state index >= 15 is 0 Å². The van der Waals surface area contributed by atoms with Crippen molar-refractivity contribution < 1.29 is 18.7 Å². The van der Waals surface area contributed by atoms with E-state index in [0.717, 1.165) is 38.9 Å². The standard InChI is InChI=1S/C25H33FN4O3S/c1-16-23(17(2)31)34-25(27-16)29-24(32)28-22-9-11-33-15-20(22)14-30-10-3-4-19(13-30)12-18-5-7-21(26)8-6-18/h5-8,19-20,22H,3-4,9-15H2,1-2H3,(H2,27,28,29,32)/t19-,20+,22+/m0/s1. The minimum absolute atomic E-state index is 0.0135. The van der Waals surface area contributed by atoms with Gasteiger partial charge in [0.1, 0.15) is 5.82 Å². The number of likely N-dealkylation sites (tertiary alicyclic amines) is 1. The molecule has 2 aliphatic rings. The normalized spacial score (nSPS) is 23.4. The molecule has 1 aromatic carbocycles. The minimum Gasteiger partial charge on any atom is -0.381 e. The Bertz CT molecular complexity index is 997. The minimum atomic E-state index is -0.298. The van der Waals surface area contributed by atoms with Crippen LogP contribution in [0.25, 0.3) is 0 Å². The highest BCUT2D eigenvalue weighted by Crippen LogP contribution is 2.25. The lowest BCUT2D eigenvalue weighted by Gasteiger charge is -2.39. The maximum Gasteiger partial charge on any atom is 0.321 e. The van der Waals surface area contributed by atoms with Gasteiger partial charge in [-0.15, -0.1) is 0 Å². The molecular formula is C25H33FN4O3S. The summed E-state index contributed by atoms with van der Waals surface area (Å²) in [6.45, 7) is 7.43. The average molecular weight is 489 g/mol. The second-order valence-corrected chi connectivity index (χ2v) is 10.4. The molecule has 3 heterocycles. The maximum absolute atomic E-state index is 13.2. The smallest absolute Gasteiger partial charge is 0.321 e. The summed E-state index contributed by atoms with van der Waals surface area (Å²) in [6.07, 6.45) is 4.03. The van der Waals surface area contributed by atoms with Crippen molar-refractivity contribution in [2.24, 2.45) is 11.8 Å². The number of carbonyl (C=O) groups is 2. The van der Waals surface area contributed by atoms with Crippen molar-refractivity contribution in [1.82, 2.24) is 15.2 Å². The van der Waals surface area contributed by atoms with Crippen LogP contribution in [0.2, 0.25) is 0 Å². The Morgan fingerprint density at radius 1 is 1.26 bits per heavy atom. The second-order valence-electron chi connectivity index (χ2n) is 9.42. The highest BCUT2D eigenvalue weighted by Gasteiger charge is 2.31. The monoisotopic (exact) mass is 488 g/mol. The quantitative estimate of drug-likeness (QED) is 0.569. The van der Waals surface area contributed by atoms with Crippen molar-refractivity contribution >= 4 is 28.3 Å². The number of benzene rings is 1. The number of hydrogen-bond donors (Lipinski definition) is 2. The molecule has 7 nitrogen and oxygen atoms in total. The molecule has 184 valence electrons. The van der Waals surface area contributed by atoms with Gasteiger partial charge in [0, 0.05) is 38.6 Å². The van der Waals surface area contributed by atoms with E-state index in [0.29, 0.717) is 34.8 Å². The van der Waals surface area contributed by atoms with E-state index in [9.17, 15) is 14.0 Å². The molecule has 0 radical (unpaired) electrons. The number of piperidine rings is 1. The Hall–Kier alpha value is -2.36. The van der Waals surface area contributed by atoms with Crippen LogP contribution in [0.3, 0.4) is 0 Å². The first-order valence-electron chi connectivity index (χ1n) is 12.0. The number of ketones is 1. The fourth-order valence-corrected chi connectivity index (χ4v) is 5.87. The number of aromatic nitrogens is 1. The summed E-state index contributed by atoms with van der Waals surface area (Å²) in [7, 11) is 0. The van der Waals surface area contributed by atoms with Crippen molar-refractivity contribution in [3.8, 4) is 0 Å². The first kappa shape index (κ1) is 24.8. The molecule has 3 atom stereocenters. The van der Waals surface area contributed by atoms with Crippen LogP contribution in [-0.2, 0) is 11.2 Å². The van der Waals surface area contributed by atoms with Gasteiger partial charge in [-0.25, -0.2) is 14.2 Å². The van der Waals surface area contributed by atoms with Gasteiger partial charge < -0.3 is 15.0 Å². The number of carbonyl (C=O) groups excluding carboxylic acids is 2. The number of amides is 2. The average Bonchev–Trinajstić information content (AvgIpc) is 3.17. The van der Waals surface area contributed by atoms with Gasteiger partial charge in [-0.05, 0) is 62.8 Å². The molecule has 0 aliphatic carbocycles. The summed E-state index contributed by atoms with van der Waals surface area (Å²) in [6, 6.07) is 6.54. The number of rotatable bonds is 7. The van der Waals surface area contributed by atoms with Gasteiger partial charge in [0.2, 0.25) is 0 Å². The van der Waals surface area contributed by atoms with Crippen LogP contribution in [0.1, 0.15) is 47.1 Å². The van der Waals surface area contributed by atoms with Crippen LogP contribution in [0.4, 0.5) is 14.3 Å². The van der Waals surface area contributed by atoms with Crippen LogP contribution in [0, 0.1) is 24.6 Å². The van der Waals surface area contributed by atoms with Gasteiger partial charge in [0.05, 0.1) is 17.2 Å². The van der Waals surface area contributed by atoms with Crippen LogP contribution in [0.15, 0.2) is 24.3 Å². The highest BCUT2D eigenvalue weighted by atomic mass is 32.1. The Labute approximate surface area is 204 Å². The topological polar surface area (TPSA) is 83.6 Å². The summed E-state index contributed by atoms with van der Waals surface area (Å²) >= 11 is 1.20. The number of aryl methyl sites for hydroxylation is 1. The predicted molar refractivity (Wildman–Crippen MR) is 131 cm³/mol. The zero-order valence-electron chi connectivity index (χ0n) is 19.8. The summed E-state index contributed by atoms with van der Waals surface area (Å²) in [5.41, 5.74) is 1.81. The second kappa shape index (κ2) is 11.4. The van der Waals surface area contributed by atoms with E-state index in [-0.39, 0.29) is 29.6 Å². The van der Waals surface area contributed by atoms with E-state index in [1.54, 1.807) is 6.92 Å². The third kappa shape index (κ3) is 6.61. The Morgan fingerprint density at radius 2 is 2.06 bits per heavy atom. The van der Waals surface area contributed by atoms with Gasteiger partial charge in [-0.2, -0.15) is 0 Å². The lowest BCUT2D eigenvalue weighted by molar-refractivity contribution is 0.0134. The highest BCUT2D eigenvalue weighted by molar-refractivity contribution is 7.17. The number of nitrogens with zero attached hydrogens (tertiary/aromatic N) is 2. The van der Waals surface area contributed by atoms with Crippen LogP contribution < -0.4 is 10.6 Å². The molecule has 2 amide bonds. The van der Waals surface area contributed by atoms with Gasteiger partial charge >= 0.3 is 6.03 Å². The van der Waals surface area contributed by atoms with Crippen LogP contribution >= 0.6 is 11.3 Å². The predicted octanol–water partition coefficient (Wildman–Crippen LogP) is 4.27. The maximum atomic E-state index is 13.2. The molecule has 0 spiro atoms. The Balaban J connectivity index is 1.30. The van der Waals surface area contributed by atoms with Gasteiger partial charge in [0.25, 0.3) is 0 Å². The fraction of sp³-hybridized carbons (Fsp3) is 0.560. The number of halogens is 1. The fourth-order valence-electron chi connectivity index (χ4n) is 5.01. The van der Waals surface area contributed by atoms with E-state index in [2.05, 4.69) is 20.5 Å². The SMILES string of the molecule is CC(=O)c1sc(NC(=O)N[C@@H]2CCOC[C@H]2CN2CCC[C@@H](Cc3ccc(F)cc3)C2)nc1C. The number of thiazole rings is 1. The van der Waals surface area contributed by atoms with Crippen molar-refractivity contribution in [1.29, 1.82) is 0 Å². The zero-order valence-corrected chi connectivity index (χ0v) is 20.6. The van der Waals surface area contributed by atoms with Gasteiger partial charge in [-0.1, -0.05) is 23.5 Å². The molecule has 2 N–H and O–H groups in total. The molecule has 0 saturated carbocycles. The Morgan fingerprint density at radius 3 is 2.79 bits per heavy atom. The molecule has 2 fully saturated rings. The number of urea groups is 1. The third-order valence-electron chi connectivity index (χ3n) is 6.66. The molecule has 2 aliphatic heterocycles. The van der Waals surface area contributed by atoms with Crippen LogP contribution in [-0.4, -0.2) is 60.6 Å². The number of nitrogens with one attached hydrogen (secondary N) is 2. The largest absolute Gasteiger partial charge is 0.381 e. The lowest BCUT2D eigenvalue weighted by atomic mass is 9.89. The van der Waals surface area contributed by atoms with Crippen molar-refractivity contribution in [3.05, 3.63) is 46.2 Å². The third-order valence-corrected chi connectivity index (χ3v) is 7.83. The Kier molecular flexibility index (Phi) is 8.28. The summed E-state index contributed by atoms with van der Waals surface area (Å²) in [5.74, 6) is 0.502. The summed E-state index contributed by atoms with van der Waals surface area (Å²) in [4.78, 5) is 31.7. The molecule has 0 bridgehead atoms. The van der Waals surface area contributed by atoms with E-state index in [4.69, 9.17) is 4.74 Å². The van der Waals surface area contributed by atoms with E-state index in [1.807, 2.05) is 12.1 Å². The number of anilines is 1. The first-order valence-corrected chi connectivity index (χ1v) is 12.8. The molecule has 1 aromatic heterocycles. The molecule has 9 heteroatoms. The van der Waals surface area contributed by atoms with Crippen molar-refractivity contribution in [2.45, 2.75) is 45.6 Å². The molecule has 34 heavy (non-hydrogen) atoms. The van der Waals surface area contributed by atoms with E-state index < -0.39 is 0 Å². The number of Topliss-reactive ketones (excluding diaryl/α,β-unsaturated/α-hetero) is 1. The molecule has 2 aromatic rings. The van der Waals surface area contributed by atoms with Gasteiger partial charge in [-0.3, -0.25) is 10.1 Å².